The minimum absolute atomic E-state index is 0.162. The van der Waals surface area contributed by atoms with E-state index in [1.807, 2.05) is 54.6 Å². The molecule has 0 radical (unpaired) electrons. The van der Waals surface area contributed by atoms with Gasteiger partial charge in [0.1, 0.15) is 0 Å². The van der Waals surface area contributed by atoms with Crippen LogP contribution in [0, 0.1) is 0 Å². The van der Waals surface area contributed by atoms with Gasteiger partial charge >= 0.3 is 18.0 Å². The van der Waals surface area contributed by atoms with Gasteiger partial charge in [-0.05, 0) is 48.2 Å². The van der Waals surface area contributed by atoms with Gasteiger partial charge in [-0.25, -0.2) is 14.4 Å². The van der Waals surface area contributed by atoms with Crippen molar-refractivity contribution in [3.8, 4) is 11.1 Å². The van der Waals surface area contributed by atoms with Crippen LogP contribution in [0.5, 0.6) is 0 Å². The Bertz CT molecular complexity index is 1260. The second-order valence-corrected chi connectivity index (χ2v) is 8.18. The van der Waals surface area contributed by atoms with E-state index < -0.39 is 18.0 Å². The Morgan fingerprint density at radius 3 is 2.17 bits per heavy atom. The van der Waals surface area contributed by atoms with Crippen LogP contribution in [0.2, 0.25) is 0 Å². The van der Waals surface area contributed by atoms with Crippen LogP contribution in [0.15, 0.2) is 90.1 Å². The van der Waals surface area contributed by atoms with Crippen molar-refractivity contribution in [2.45, 2.75) is 26.4 Å². The van der Waals surface area contributed by atoms with E-state index in [0.717, 1.165) is 22.3 Å². The molecule has 3 aromatic carbocycles. The topological polar surface area (TPSA) is 95.9 Å². The molecule has 0 bridgehead atoms. The average Bonchev–Trinajstić information content (AvgIpc) is 2.87. The summed E-state index contributed by atoms with van der Waals surface area (Å²) in [6.45, 7) is 3.85. The molecule has 2 N–H and O–H groups in total. The number of amides is 2. The van der Waals surface area contributed by atoms with Crippen molar-refractivity contribution in [3.05, 3.63) is 107 Å². The number of nitrogens with zero attached hydrogens (tertiary/aromatic N) is 1. The van der Waals surface area contributed by atoms with E-state index in [2.05, 4.69) is 5.32 Å². The molecule has 1 unspecified atom stereocenters. The monoisotopic (exact) mass is 470 g/mol. The summed E-state index contributed by atoms with van der Waals surface area (Å²) < 4.78 is 5.33. The molecule has 0 spiro atoms. The Kier molecular flexibility index (Phi) is 6.96. The fraction of sp³-hybridized carbons (Fsp3) is 0.179. The fourth-order valence-corrected chi connectivity index (χ4v) is 4.13. The van der Waals surface area contributed by atoms with Gasteiger partial charge < -0.3 is 15.2 Å². The first kappa shape index (κ1) is 23.8. The maximum Gasteiger partial charge on any atom is 0.338 e. The van der Waals surface area contributed by atoms with Crippen molar-refractivity contribution >= 4 is 18.0 Å². The van der Waals surface area contributed by atoms with Crippen molar-refractivity contribution < 1.29 is 24.2 Å². The SMILES string of the molecule is CCOC(=O)C1=C(C)N(Cc2ccc(C(=O)O)cc2)C(=O)NC1c1ccc(-c2ccccc2)cc1. The summed E-state index contributed by atoms with van der Waals surface area (Å²) in [5, 5.41) is 12.1. The summed E-state index contributed by atoms with van der Waals surface area (Å²) in [5.41, 5.74) is 4.62. The normalized spacial score (nSPS) is 15.5. The molecule has 3 aromatic rings. The molecule has 1 atom stereocenters. The second kappa shape index (κ2) is 10.3. The molecular weight excluding hydrogens is 444 g/mol. The van der Waals surface area contributed by atoms with Crippen molar-refractivity contribution in [2.75, 3.05) is 6.61 Å². The zero-order valence-corrected chi connectivity index (χ0v) is 19.5. The molecule has 4 rings (SSSR count). The Morgan fingerprint density at radius 2 is 1.57 bits per heavy atom. The number of allylic oxidation sites excluding steroid dienone is 1. The van der Waals surface area contributed by atoms with Crippen molar-refractivity contribution in [1.29, 1.82) is 0 Å². The molecule has 0 saturated heterocycles. The number of rotatable bonds is 7. The van der Waals surface area contributed by atoms with Crippen LogP contribution in [-0.2, 0) is 16.1 Å². The first-order valence-corrected chi connectivity index (χ1v) is 11.3. The van der Waals surface area contributed by atoms with E-state index in [9.17, 15) is 14.4 Å². The molecule has 35 heavy (non-hydrogen) atoms. The summed E-state index contributed by atoms with van der Waals surface area (Å²) in [6.07, 6.45) is 0. The summed E-state index contributed by atoms with van der Waals surface area (Å²) in [4.78, 5) is 38.7. The fourth-order valence-electron chi connectivity index (χ4n) is 4.13. The van der Waals surface area contributed by atoms with Crippen LogP contribution in [0.25, 0.3) is 11.1 Å². The average molecular weight is 471 g/mol. The van der Waals surface area contributed by atoms with E-state index >= 15 is 0 Å². The minimum Gasteiger partial charge on any atom is -0.478 e. The van der Waals surface area contributed by atoms with Crippen LogP contribution in [0.3, 0.4) is 0 Å². The summed E-state index contributed by atoms with van der Waals surface area (Å²) >= 11 is 0. The van der Waals surface area contributed by atoms with Crippen LogP contribution in [0.1, 0.15) is 41.4 Å². The number of esters is 1. The zero-order chi connectivity index (χ0) is 24.9. The first-order valence-electron chi connectivity index (χ1n) is 11.3. The van der Waals surface area contributed by atoms with Gasteiger partial charge in [0.15, 0.2) is 0 Å². The van der Waals surface area contributed by atoms with Gasteiger partial charge in [-0.1, -0.05) is 66.7 Å². The molecule has 7 heteroatoms. The lowest BCUT2D eigenvalue weighted by Gasteiger charge is -2.35. The van der Waals surface area contributed by atoms with E-state index in [1.165, 1.54) is 17.0 Å². The van der Waals surface area contributed by atoms with E-state index in [1.54, 1.807) is 26.0 Å². The number of aromatic carboxylic acids is 1. The van der Waals surface area contributed by atoms with Crippen molar-refractivity contribution in [3.63, 3.8) is 0 Å². The summed E-state index contributed by atoms with van der Waals surface area (Å²) in [6, 6.07) is 23.0. The third-order valence-corrected chi connectivity index (χ3v) is 5.98. The number of carboxylic acid groups (broad SMARTS) is 1. The smallest absolute Gasteiger partial charge is 0.338 e. The largest absolute Gasteiger partial charge is 0.478 e. The van der Waals surface area contributed by atoms with Crippen LogP contribution < -0.4 is 5.32 Å². The van der Waals surface area contributed by atoms with E-state index in [-0.39, 0.29) is 24.7 Å². The maximum atomic E-state index is 13.1. The number of carbonyl (C=O) groups is 3. The van der Waals surface area contributed by atoms with Gasteiger partial charge in [-0.2, -0.15) is 0 Å². The van der Waals surface area contributed by atoms with Crippen LogP contribution in [-0.4, -0.2) is 34.6 Å². The van der Waals surface area contributed by atoms with Gasteiger partial charge in [0, 0.05) is 5.70 Å². The van der Waals surface area contributed by atoms with Crippen LogP contribution in [0.4, 0.5) is 4.79 Å². The van der Waals surface area contributed by atoms with Crippen molar-refractivity contribution in [1.82, 2.24) is 10.2 Å². The van der Waals surface area contributed by atoms with Crippen LogP contribution >= 0.6 is 0 Å². The predicted molar refractivity (Wildman–Crippen MR) is 131 cm³/mol. The van der Waals surface area contributed by atoms with Gasteiger partial charge in [-0.3, -0.25) is 4.90 Å². The second-order valence-electron chi connectivity index (χ2n) is 8.18. The Balaban J connectivity index is 1.67. The number of carbonyl (C=O) groups excluding carboxylic acids is 2. The molecule has 1 aliphatic heterocycles. The standard InChI is InChI=1S/C28H26N2O5/c1-3-35-27(33)24-18(2)30(17-19-9-11-23(12-10-19)26(31)32)28(34)29-25(24)22-15-13-21(14-16-22)20-7-5-4-6-8-20/h4-16,25H,3,17H2,1-2H3,(H,29,34)(H,31,32). The van der Waals surface area contributed by atoms with Gasteiger partial charge in [0.2, 0.25) is 0 Å². The number of nitrogens with one attached hydrogen (secondary N) is 1. The lowest BCUT2D eigenvalue weighted by atomic mass is 9.93. The highest BCUT2D eigenvalue weighted by molar-refractivity contribution is 5.95. The van der Waals surface area contributed by atoms with Crippen molar-refractivity contribution in [2.24, 2.45) is 0 Å². The lowest BCUT2D eigenvalue weighted by molar-refractivity contribution is -0.139. The van der Waals surface area contributed by atoms with E-state index in [4.69, 9.17) is 9.84 Å². The van der Waals surface area contributed by atoms with Gasteiger partial charge in [0.25, 0.3) is 0 Å². The molecule has 1 heterocycles. The highest BCUT2D eigenvalue weighted by atomic mass is 16.5. The number of benzene rings is 3. The molecule has 0 aromatic heterocycles. The molecule has 0 fully saturated rings. The molecule has 0 saturated carbocycles. The molecule has 2 amide bonds. The lowest BCUT2D eigenvalue weighted by Crippen LogP contribution is -2.47. The number of carboxylic acids is 1. The van der Waals surface area contributed by atoms with Gasteiger partial charge in [-0.15, -0.1) is 0 Å². The Hall–Kier alpha value is -4.39. The number of hydrogen-bond donors (Lipinski definition) is 2. The quantitative estimate of drug-likeness (QED) is 0.465. The van der Waals surface area contributed by atoms with Gasteiger partial charge in [0.05, 0.1) is 30.3 Å². The number of hydrogen-bond acceptors (Lipinski definition) is 4. The predicted octanol–water partition coefficient (Wildman–Crippen LogP) is 5.16. The molecular formula is C28H26N2O5. The minimum atomic E-state index is -1.02. The molecule has 7 nitrogen and oxygen atoms in total. The van der Waals surface area contributed by atoms with E-state index in [0.29, 0.717) is 11.3 Å². The molecule has 178 valence electrons. The Morgan fingerprint density at radius 1 is 0.943 bits per heavy atom. The Labute approximate surface area is 203 Å². The first-order chi connectivity index (χ1) is 16.9. The third-order valence-electron chi connectivity index (χ3n) is 5.98. The summed E-state index contributed by atoms with van der Waals surface area (Å²) in [7, 11) is 0. The highest BCUT2D eigenvalue weighted by Gasteiger charge is 2.36. The molecule has 0 aliphatic carbocycles. The highest BCUT2D eigenvalue weighted by Crippen LogP contribution is 2.33. The summed E-state index contributed by atoms with van der Waals surface area (Å²) in [5.74, 6) is -1.51. The third kappa shape index (κ3) is 5.09. The zero-order valence-electron chi connectivity index (χ0n) is 19.5. The maximum absolute atomic E-state index is 13.1. The molecule has 1 aliphatic rings. The number of ether oxygens (including phenoxy) is 1. The number of urea groups is 1.